The third kappa shape index (κ3) is 8.56. The second kappa shape index (κ2) is 14.5. The van der Waals surface area contributed by atoms with Crippen molar-refractivity contribution in [3.05, 3.63) is 65.7 Å². The molecule has 2 aliphatic heterocycles. The van der Waals surface area contributed by atoms with E-state index in [1.54, 1.807) is 30.3 Å². The third-order valence-electron chi connectivity index (χ3n) is 7.71. The summed E-state index contributed by atoms with van der Waals surface area (Å²) in [5, 5.41) is 12.3. The van der Waals surface area contributed by atoms with Crippen molar-refractivity contribution in [1.29, 1.82) is 0 Å². The maximum absolute atomic E-state index is 13.1. The molecule has 10 heteroatoms. The smallest absolute Gasteiger partial charge is 0.326 e. The largest absolute Gasteiger partial charge is 0.480 e. The van der Waals surface area contributed by atoms with Crippen molar-refractivity contribution in [2.45, 2.75) is 87.6 Å². The second-order valence-electron chi connectivity index (χ2n) is 10.8. The number of unbranched alkanes of at least 4 members (excludes halogenated alkanes) is 2. The van der Waals surface area contributed by atoms with Gasteiger partial charge >= 0.3 is 5.97 Å². The number of Topliss-reactive ketones (excluding diaryl/α,β-unsaturated/α-hetero) is 1. The normalized spacial score (nSPS) is 18.1. The first-order valence-corrected chi connectivity index (χ1v) is 15.9. The van der Waals surface area contributed by atoms with Crippen LogP contribution in [-0.4, -0.2) is 66.4 Å². The van der Waals surface area contributed by atoms with E-state index in [2.05, 4.69) is 10.3 Å². The summed E-state index contributed by atoms with van der Waals surface area (Å²) in [5.74, 6) is -1.64. The van der Waals surface area contributed by atoms with Crippen LogP contribution in [0, 0.1) is 0 Å². The van der Waals surface area contributed by atoms with Crippen molar-refractivity contribution in [2.75, 3.05) is 13.1 Å². The zero-order chi connectivity index (χ0) is 29.2. The Morgan fingerprint density at radius 1 is 0.976 bits per heavy atom. The summed E-state index contributed by atoms with van der Waals surface area (Å²) in [6.07, 6.45) is 8.03. The first kappa shape index (κ1) is 30.6. The molecule has 0 aliphatic carbocycles. The molecule has 1 saturated heterocycles. The Bertz CT molecular complexity index is 1340. The average Bonchev–Trinajstić information content (AvgIpc) is 3.67. The van der Waals surface area contributed by atoms with Crippen LogP contribution in [0.15, 0.2) is 64.5 Å². The molecule has 2 aliphatic rings. The van der Waals surface area contributed by atoms with Crippen LogP contribution in [0.25, 0.3) is 0 Å². The van der Waals surface area contributed by atoms with Gasteiger partial charge in [-0.1, -0.05) is 48.9 Å². The molecule has 0 aromatic heterocycles. The van der Waals surface area contributed by atoms with Gasteiger partial charge in [-0.25, -0.2) is 13.2 Å². The number of rotatable bonds is 15. The van der Waals surface area contributed by atoms with Gasteiger partial charge in [0, 0.05) is 38.1 Å². The van der Waals surface area contributed by atoms with Crippen LogP contribution in [0.3, 0.4) is 0 Å². The average molecular weight is 582 g/mol. The Hall–Kier alpha value is -3.37. The van der Waals surface area contributed by atoms with Gasteiger partial charge in [-0.2, -0.15) is 4.31 Å². The molecular weight excluding hydrogens is 542 g/mol. The fourth-order valence-corrected chi connectivity index (χ4v) is 7.14. The number of aliphatic imine (C=N–C) groups is 1. The molecule has 2 N–H and O–H groups in total. The fourth-order valence-electron chi connectivity index (χ4n) is 5.46. The molecule has 1 fully saturated rings. The van der Waals surface area contributed by atoms with E-state index in [1.165, 1.54) is 24.3 Å². The highest BCUT2D eigenvalue weighted by Crippen LogP contribution is 2.26. The molecule has 1 amide bonds. The van der Waals surface area contributed by atoms with Crippen LogP contribution in [0.4, 0.5) is 0 Å². The molecule has 0 spiro atoms. The maximum Gasteiger partial charge on any atom is 0.326 e. The van der Waals surface area contributed by atoms with Crippen LogP contribution in [-0.2, 0) is 37.2 Å². The van der Waals surface area contributed by atoms with Gasteiger partial charge < -0.3 is 10.4 Å². The molecule has 0 saturated carbocycles. The lowest BCUT2D eigenvalue weighted by molar-refractivity contribution is -0.142. The molecule has 220 valence electrons. The molecule has 2 heterocycles. The van der Waals surface area contributed by atoms with Gasteiger partial charge in [-0.3, -0.25) is 14.6 Å². The van der Waals surface area contributed by atoms with Crippen molar-refractivity contribution < 1.29 is 27.9 Å². The Morgan fingerprint density at radius 3 is 2.39 bits per heavy atom. The van der Waals surface area contributed by atoms with Gasteiger partial charge in [0.05, 0.1) is 4.90 Å². The number of carbonyl (C=O) groups excluding carboxylic acids is 2. The minimum atomic E-state index is -3.88. The first-order valence-electron chi connectivity index (χ1n) is 14.5. The molecule has 9 nitrogen and oxygen atoms in total. The maximum atomic E-state index is 13.1. The van der Waals surface area contributed by atoms with E-state index in [4.69, 9.17) is 0 Å². The summed E-state index contributed by atoms with van der Waals surface area (Å²) in [7, 11) is -3.88. The highest BCUT2D eigenvalue weighted by Gasteiger charge is 2.40. The summed E-state index contributed by atoms with van der Waals surface area (Å²) < 4.78 is 27.4. The molecule has 2 atom stereocenters. The van der Waals surface area contributed by atoms with Crippen molar-refractivity contribution in [3.63, 3.8) is 0 Å². The number of hydrogen-bond donors (Lipinski definition) is 2. The number of nitrogens with zero attached hydrogens (tertiary/aromatic N) is 2. The molecule has 41 heavy (non-hydrogen) atoms. The number of carboxylic acid groups (broad SMARTS) is 1. The Morgan fingerprint density at radius 2 is 1.71 bits per heavy atom. The fraction of sp³-hybridized carbons (Fsp3) is 0.484. The van der Waals surface area contributed by atoms with Crippen molar-refractivity contribution in [2.24, 2.45) is 4.99 Å². The predicted octanol–water partition coefficient (Wildman–Crippen LogP) is 3.95. The van der Waals surface area contributed by atoms with Gasteiger partial charge in [0.1, 0.15) is 17.9 Å². The summed E-state index contributed by atoms with van der Waals surface area (Å²) in [4.78, 5) is 42.1. The van der Waals surface area contributed by atoms with E-state index in [0.717, 1.165) is 48.5 Å². The minimum absolute atomic E-state index is 0.0404. The van der Waals surface area contributed by atoms with Crippen molar-refractivity contribution in [3.8, 4) is 0 Å². The van der Waals surface area contributed by atoms with E-state index in [0.29, 0.717) is 31.2 Å². The summed E-state index contributed by atoms with van der Waals surface area (Å²) in [6.45, 7) is 1.15. The lowest BCUT2D eigenvalue weighted by Crippen LogP contribution is -2.51. The van der Waals surface area contributed by atoms with E-state index in [1.807, 2.05) is 12.1 Å². The highest BCUT2D eigenvalue weighted by molar-refractivity contribution is 7.89. The number of aliphatic carboxylic acids is 1. The van der Waals surface area contributed by atoms with E-state index < -0.39 is 34.0 Å². The first-order chi connectivity index (χ1) is 19.7. The quantitative estimate of drug-likeness (QED) is 0.306. The molecule has 0 radical (unpaired) electrons. The summed E-state index contributed by atoms with van der Waals surface area (Å²) in [5.41, 5.74) is 2.88. The number of hydrogen-bond acceptors (Lipinski definition) is 6. The third-order valence-corrected chi connectivity index (χ3v) is 9.64. The van der Waals surface area contributed by atoms with Gasteiger partial charge in [-0.05, 0) is 68.2 Å². The molecule has 0 bridgehead atoms. The Labute approximate surface area is 242 Å². The van der Waals surface area contributed by atoms with Gasteiger partial charge in [-0.15, -0.1) is 0 Å². The highest BCUT2D eigenvalue weighted by atomic mass is 32.2. The zero-order valence-corrected chi connectivity index (χ0v) is 24.2. The van der Waals surface area contributed by atoms with Crippen LogP contribution in [0.1, 0.15) is 68.9 Å². The number of ketones is 1. The van der Waals surface area contributed by atoms with Crippen molar-refractivity contribution >= 4 is 33.4 Å². The summed E-state index contributed by atoms with van der Waals surface area (Å²) >= 11 is 0. The number of carboxylic acids is 1. The monoisotopic (exact) mass is 581 g/mol. The van der Waals surface area contributed by atoms with Crippen molar-refractivity contribution in [1.82, 2.24) is 9.62 Å². The van der Waals surface area contributed by atoms with E-state index >= 15 is 0 Å². The SMILES string of the molecule is O=C(CCCCCC1=NCCC1)Cc1ccc(CC(NC(=O)[C@@H]2CCCN2S(=O)(=O)c2ccccc2)C(=O)O)cc1. The van der Waals surface area contributed by atoms with Crippen LogP contribution in [0.5, 0.6) is 0 Å². The Kier molecular flexibility index (Phi) is 10.8. The number of amides is 1. The Balaban J connectivity index is 1.26. The van der Waals surface area contributed by atoms with Gasteiger partial charge in [0.2, 0.25) is 15.9 Å². The lowest BCUT2D eigenvalue weighted by Gasteiger charge is -2.25. The number of sulfonamides is 1. The van der Waals surface area contributed by atoms with Crippen LogP contribution < -0.4 is 5.32 Å². The molecular formula is C31H39N3O6S. The lowest BCUT2D eigenvalue weighted by atomic mass is 10.00. The predicted molar refractivity (Wildman–Crippen MR) is 156 cm³/mol. The van der Waals surface area contributed by atoms with E-state index in [9.17, 15) is 27.9 Å². The molecule has 4 rings (SSSR count). The molecule has 1 unspecified atom stereocenters. The van der Waals surface area contributed by atoms with E-state index in [-0.39, 0.29) is 23.6 Å². The second-order valence-corrected chi connectivity index (χ2v) is 12.7. The minimum Gasteiger partial charge on any atom is -0.480 e. The van der Waals surface area contributed by atoms with Crippen LogP contribution >= 0.6 is 0 Å². The summed E-state index contributed by atoms with van der Waals surface area (Å²) in [6, 6.07) is 12.9. The van der Waals surface area contributed by atoms with Gasteiger partial charge in [0.25, 0.3) is 0 Å². The van der Waals surface area contributed by atoms with Gasteiger partial charge in [0.15, 0.2) is 0 Å². The molecule has 2 aromatic carbocycles. The molecule has 2 aromatic rings. The number of benzene rings is 2. The topological polar surface area (TPSA) is 133 Å². The standard InChI is InChI=1S/C31H39N3O6S/c35-26(11-4-1-3-9-25-10-7-19-32-25)21-23-15-17-24(18-16-23)22-28(31(37)38)33-30(36)29-14-8-20-34(29)41(39,40)27-12-5-2-6-13-27/h2,5-6,12-13,15-18,28-29H,1,3-4,7-11,14,19-22H2,(H,33,36)(H,37,38)/t28?,29-/m0/s1. The number of carbonyl (C=O) groups is 3. The van der Waals surface area contributed by atoms with Crippen LogP contribution in [0.2, 0.25) is 0 Å². The zero-order valence-electron chi connectivity index (χ0n) is 23.3. The number of nitrogens with one attached hydrogen (secondary N) is 1.